The van der Waals surface area contributed by atoms with Crippen molar-refractivity contribution in [3.63, 3.8) is 0 Å². The first-order valence-corrected chi connectivity index (χ1v) is 7.53. The van der Waals surface area contributed by atoms with Crippen molar-refractivity contribution in [2.75, 3.05) is 7.05 Å². The van der Waals surface area contributed by atoms with Gasteiger partial charge in [-0.1, -0.05) is 49.5 Å². The van der Waals surface area contributed by atoms with Crippen LogP contribution < -0.4 is 5.32 Å². The van der Waals surface area contributed by atoms with Crippen LogP contribution in [0.25, 0.3) is 0 Å². The van der Waals surface area contributed by atoms with Gasteiger partial charge in [-0.15, -0.1) is 5.10 Å². The van der Waals surface area contributed by atoms with Crippen molar-refractivity contribution >= 4 is 11.5 Å². The van der Waals surface area contributed by atoms with E-state index in [1.54, 1.807) is 0 Å². The summed E-state index contributed by atoms with van der Waals surface area (Å²) in [6.07, 6.45) is 0.925. The van der Waals surface area contributed by atoms with E-state index in [1.807, 2.05) is 7.05 Å². The fourth-order valence-electron chi connectivity index (χ4n) is 2.20. The Kier molecular flexibility index (Phi) is 4.66. The first-order valence-electron chi connectivity index (χ1n) is 6.75. The van der Waals surface area contributed by atoms with Crippen LogP contribution in [0.2, 0.25) is 0 Å². The molecule has 1 aromatic heterocycles. The Bertz CT molecular complexity index is 516. The number of rotatable bonds is 5. The van der Waals surface area contributed by atoms with Gasteiger partial charge in [0.15, 0.2) is 0 Å². The first-order chi connectivity index (χ1) is 9.17. The highest BCUT2D eigenvalue weighted by molar-refractivity contribution is 7.05. The normalized spacial score (nSPS) is 12.9. The van der Waals surface area contributed by atoms with Gasteiger partial charge in [0.2, 0.25) is 0 Å². The molecule has 2 rings (SSSR count). The SMILES string of the molecule is CCc1nnsc1C(NC)c1ccc(C(C)C)cc1. The molecule has 1 atom stereocenters. The summed E-state index contributed by atoms with van der Waals surface area (Å²) < 4.78 is 4.08. The molecular weight excluding hydrogens is 254 g/mol. The minimum Gasteiger partial charge on any atom is -0.309 e. The van der Waals surface area contributed by atoms with E-state index in [9.17, 15) is 0 Å². The van der Waals surface area contributed by atoms with Crippen molar-refractivity contribution in [3.05, 3.63) is 46.0 Å². The molecule has 102 valence electrons. The van der Waals surface area contributed by atoms with Crippen LogP contribution in [0.1, 0.15) is 54.4 Å². The highest BCUT2D eigenvalue weighted by Crippen LogP contribution is 2.28. The molecule has 1 N–H and O–H groups in total. The van der Waals surface area contributed by atoms with E-state index in [0.717, 1.165) is 12.1 Å². The Morgan fingerprint density at radius 2 is 1.79 bits per heavy atom. The largest absolute Gasteiger partial charge is 0.309 e. The monoisotopic (exact) mass is 275 g/mol. The second kappa shape index (κ2) is 6.26. The third-order valence-electron chi connectivity index (χ3n) is 3.41. The van der Waals surface area contributed by atoms with Crippen molar-refractivity contribution in [2.45, 2.75) is 39.2 Å². The molecule has 2 aromatic rings. The van der Waals surface area contributed by atoms with Crippen LogP contribution in [-0.2, 0) is 6.42 Å². The second-order valence-electron chi connectivity index (χ2n) is 4.98. The molecule has 0 radical (unpaired) electrons. The minimum absolute atomic E-state index is 0.191. The predicted molar refractivity (Wildman–Crippen MR) is 80.7 cm³/mol. The zero-order chi connectivity index (χ0) is 13.8. The predicted octanol–water partition coefficient (Wildman–Crippen LogP) is 3.53. The zero-order valence-electron chi connectivity index (χ0n) is 12.0. The minimum atomic E-state index is 0.191. The van der Waals surface area contributed by atoms with Crippen LogP contribution in [0, 0.1) is 0 Å². The molecule has 0 aliphatic heterocycles. The average Bonchev–Trinajstić information content (AvgIpc) is 2.88. The second-order valence-corrected chi connectivity index (χ2v) is 5.77. The summed E-state index contributed by atoms with van der Waals surface area (Å²) in [5.41, 5.74) is 3.74. The molecule has 0 saturated carbocycles. The number of aromatic nitrogens is 2. The molecule has 0 spiro atoms. The van der Waals surface area contributed by atoms with Crippen LogP contribution in [0.5, 0.6) is 0 Å². The van der Waals surface area contributed by atoms with Gasteiger partial charge in [0.25, 0.3) is 0 Å². The fourth-order valence-corrected chi connectivity index (χ4v) is 3.08. The van der Waals surface area contributed by atoms with Gasteiger partial charge in [0, 0.05) is 0 Å². The van der Waals surface area contributed by atoms with Gasteiger partial charge < -0.3 is 5.32 Å². The number of nitrogens with one attached hydrogen (secondary N) is 1. The van der Waals surface area contributed by atoms with Gasteiger partial charge in [-0.3, -0.25) is 0 Å². The van der Waals surface area contributed by atoms with Gasteiger partial charge in [0.05, 0.1) is 16.6 Å². The molecule has 4 heteroatoms. The van der Waals surface area contributed by atoms with Gasteiger partial charge in [-0.25, -0.2) is 0 Å². The van der Waals surface area contributed by atoms with Crippen molar-refractivity contribution < 1.29 is 0 Å². The summed E-state index contributed by atoms with van der Waals surface area (Å²) in [5.74, 6) is 0.568. The molecule has 1 aromatic carbocycles. The smallest absolute Gasteiger partial charge is 0.0804 e. The molecule has 0 aliphatic carbocycles. The Morgan fingerprint density at radius 1 is 1.16 bits per heavy atom. The summed E-state index contributed by atoms with van der Waals surface area (Å²) in [4.78, 5) is 1.22. The Morgan fingerprint density at radius 3 is 2.32 bits per heavy atom. The maximum absolute atomic E-state index is 4.20. The lowest BCUT2D eigenvalue weighted by molar-refractivity contribution is 0.692. The van der Waals surface area contributed by atoms with Crippen LogP contribution in [0.4, 0.5) is 0 Å². The maximum atomic E-state index is 4.20. The topological polar surface area (TPSA) is 37.8 Å². The van der Waals surface area contributed by atoms with Gasteiger partial charge >= 0.3 is 0 Å². The third-order valence-corrected chi connectivity index (χ3v) is 4.24. The van der Waals surface area contributed by atoms with Crippen LogP contribution >= 0.6 is 11.5 Å². The molecule has 1 heterocycles. The molecular formula is C15H21N3S. The van der Waals surface area contributed by atoms with E-state index in [1.165, 1.54) is 27.5 Å². The van der Waals surface area contributed by atoms with Crippen molar-refractivity contribution in [3.8, 4) is 0 Å². The zero-order valence-corrected chi connectivity index (χ0v) is 12.8. The van der Waals surface area contributed by atoms with E-state index in [4.69, 9.17) is 0 Å². The number of hydrogen-bond acceptors (Lipinski definition) is 4. The van der Waals surface area contributed by atoms with E-state index in [0.29, 0.717) is 5.92 Å². The maximum Gasteiger partial charge on any atom is 0.0804 e. The highest BCUT2D eigenvalue weighted by atomic mass is 32.1. The molecule has 1 unspecified atom stereocenters. The lowest BCUT2D eigenvalue weighted by atomic mass is 9.98. The lowest BCUT2D eigenvalue weighted by Crippen LogP contribution is -2.18. The third kappa shape index (κ3) is 3.01. The molecule has 19 heavy (non-hydrogen) atoms. The molecule has 3 nitrogen and oxygen atoms in total. The Labute approximate surface area is 119 Å². The molecule has 0 saturated heterocycles. The summed E-state index contributed by atoms with van der Waals surface area (Å²) in [7, 11) is 1.99. The summed E-state index contributed by atoms with van der Waals surface area (Å²) in [6, 6.07) is 9.02. The summed E-state index contributed by atoms with van der Waals surface area (Å²) in [5, 5.41) is 7.58. The number of aryl methyl sites for hydroxylation is 1. The molecule has 0 aliphatic rings. The average molecular weight is 275 g/mol. The quantitative estimate of drug-likeness (QED) is 0.907. The van der Waals surface area contributed by atoms with E-state index in [2.05, 4.69) is 59.9 Å². The van der Waals surface area contributed by atoms with E-state index < -0.39 is 0 Å². The lowest BCUT2D eigenvalue weighted by Gasteiger charge is -2.16. The summed E-state index contributed by atoms with van der Waals surface area (Å²) in [6.45, 7) is 6.55. The van der Waals surface area contributed by atoms with Gasteiger partial charge in [-0.2, -0.15) is 0 Å². The van der Waals surface area contributed by atoms with Gasteiger partial charge in [-0.05, 0) is 42.0 Å². The van der Waals surface area contributed by atoms with Gasteiger partial charge in [0.1, 0.15) is 0 Å². The van der Waals surface area contributed by atoms with E-state index in [-0.39, 0.29) is 6.04 Å². The standard InChI is InChI=1S/C15H21N3S/c1-5-13-15(19-18-17-13)14(16-4)12-8-6-11(7-9-12)10(2)3/h6-10,14,16H,5H2,1-4H3. The Balaban J connectivity index is 2.32. The van der Waals surface area contributed by atoms with Crippen molar-refractivity contribution in [2.24, 2.45) is 0 Å². The number of benzene rings is 1. The van der Waals surface area contributed by atoms with Crippen LogP contribution in [0.15, 0.2) is 24.3 Å². The van der Waals surface area contributed by atoms with Crippen LogP contribution in [0.3, 0.4) is 0 Å². The van der Waals surface area contributed by atoms with Crippen LogP contribution in [-0.4, -0.2) is 16.6 Å². The molecule has 0 fully saturated rings. The van der Waals surface area contributed by atoms with Crippen molar-refractivity contribution in [1.29, 1.82) is 0 Å². The van der Waals surface area contributed by atoms with E-state index >= 15 is 0 Å². The van der Waals surface area contributed by atoms with Crippen molar-refractivity contribution in [1.82, 2.24) is 14.9 Å². The summed E-state index contributed by atoms with van der Waals surface area (Å²) >= 11 is 1.49. The highest BCUT2D eigenvalue weighted by Gasteiger charge is 2.18. The molecule has 0 bridgehead atoms. The number of hydrogen-bond donors (Lipinski definition) is 1. The first kappa shape index (κ1) is 14.2. The Hall–Kier alpha value is -1.26. The fraction of sp³-hybridized carbons (Fsp3) is 0.467. The molecule has 0 amide bonds. The number of nitrogens with zero attached hydrogens (tertiary/aromatic N) is 2.